The largest absolute Gasteiger partial charge is 0.394 e. The van der Waals surface area contributed by atoms with Crippen LogP contribution in [-0.4, -0.2) is 41.8 Å². The molecule has 0 aromatic carbocycles. The monoisotopic (exact) mass is 308 g/mol. The second-order valence-electron chi connectivity index (χ2n) is 4.23. The number of amides is 1. The molecule has 0 saturated carbocycles. The number of rotatable bonds is 6. The Morgan fingerprint density at radius 1 is 1.47 bits per heavy atom. The highest BCUT2D eigenvalue weighted by Crippen LogP contribution is 2.22. The molecule has 108 valence electrons. The summed E-state index contributed by atoms with van der Waals surface area (Å²) in [5.74, 6) is -0.359. The maximum absolute atomic E-state index is 12.0. The van der Waals surface area contributed by atoms with Gasteiger partial charge in [-0.15, -0.1) is 10.2 Å². The molecule has 19 heavy (non-hydrogen) atoms. The number of sulfonamides is 1. The molecule has 0 fully saturated rings. The first-order chi connectivity index (χ1) is 8.72. The number of aromatic nitrogens is 2. The van der Waals surface area contributed by atoms with E-state index in [2.05, 4.69) is 20.2 Å². The molecule has 0 saturated heterocycles. The van der Waals surface area contributed by atoms with Crippen LogP contribution in [0.15, 0.2) is 4.34 Å². The van der Waals surface area contributed by atoms with Gasteiger partial charge in [0, 0.05) is 6.92 Å². The lowest BCUT2D eigenvalue weighted by atomic mass is 10.0. The summed E-state index contributed by atoms with van der Waals surface area (Å²) in [7, 11) is -3.87. The predicted octanol–water partition coefficient (Wildman–Crippen LogP) is -0.0642. The highest BCUT2D eigenvalue weighted by molar-refractivity contribution is 7.91. The Hall–Kier alpha value is -1.10. The third kappa shape index (κ3) is 4.20. The summed E-state index contributed by atoms with van der Waals surface area (Å²) < 4.78 is 26.2. The maximum Gasteiger partial charge on any atom is 0.270 e. The summed E-state index contributed by atoms with van der Waals surface area (Å²) in [5.41, 5.74) is -0.960. The lowest BCUT2D eigenvalue weighted by molar-refractivity contribution is -0.114. The van der Waals surface area contributed by atoms with E-state index in [1.807, 2.05) is 0 Å². The van der Waals surface area contributed by atoms with Crippen molar-refractivity contribution in [1.82, 2.24) is 14.9 Å². The zero-order valence-corrected chi connectivity index (χ0v) is 12.4. The van der Waals surface area contributed by atoms with Crippen molar-refractivity contribution in [3.63, 3.8) is 0 Å². The van der Waals surface area contributed by atoms with E-state index in [1.54, 1.807) is 13.8 Å². The van der Waals surface area contributed by atoms with Gasteiger partial charge in [0.1, 0.15) is 0 Å². The molecule has 0 spiro atoms. The van der Waals surface area contributed by atoms with Gasteiger partial charge in [-0.1, -0.05) is 18.3 Å². The van der Waals surface area contributed by atoms with Gasteiger partial charge in [0.25, 0.3) is 10.0 Å². The smallest absolute Gasteiger partial charge is 0.270 e. The van der Waals surface area contributed by atoms with E-state index in [4.69, 9.17) is 0 Å². The van der Waals surface area contributed by atoms with Crippen LogP contribution in [0.3, 0.4) is 0 Å². The number of hydrogen-bond donors (Lipinski definition) is 3. The molecule has 1 rings (SSSR count). The summed E-state index contributed by atoms with van der Waals surface area (Å²) in [6.07, 6.45) is 0.417. The van der Waals surface area contributed by atoms with Gasteiger partial charge in [0.15, 0.2) is 0 Å². The third-order valence-electron chi connectivity index (χ3n) is 2.43. The normalized spacial score (nSPS) is 14.9. The molecule has 1 aromatic heterocycles. The van der Waals surface area contributed by atoms with Gasteiger partial charge in [-0.3, -0.25) is 4.79 Å². The molecule has 0 radical (unpaired) electrons. The molecule has 3 N–H and O–H groups in total. The van der Waals surface area contributed by atoms with Crippen molar-refractivity contribution in [1.29, 1.82) is 0 Å². The van der Waals surface area contributed by atoms with Gasteiger partial charge in [-0.05, 0) is 13.3 Å². The van der Waals surface area contributed by atoms with Crippen molar-refractivity contribution in [2.75, 3.05) is 11.9 Å². The topological polar surface area (TPSA) is 121 Å². The highest BCUT2D eigenvalue weighted by Gasteiger charge is 2.30. The van der Waals surface area contributed by atoms with Gasteiger partial charge in [-0.2, -0.15) is 0 Å². The fourth-order valence-electron chi connectivity index (χ4n) is 1.10. The van der Waals surface area contributed by atoms with Crippen LogP contribution in [0, 0.1) is 0 Å². The molecular weight excluding hydrogens is 292 g/mol. The van der Waals surface area contributed by atoms with Crippen LogP contribution in [0.4, 0.5) is 5.13 Å². The first-order valence-corrected chi connectivity index (χ1v) is 7.78. The zero-order valence-electron chi connectivity index (χ0n) is 10.8. The van der Waals surface area contributed by atoms with Gasteiger partial charge < -0.3 is 10.4 Å². The van der Waals surface area contributed by atoms with Gasteiger partial charge in [0.2, 0.25) is 15.4 Å². The quantitative estimate of drug-likeness (QED) is 0.633. The lowest BCUT2D eigenvalue weighted by Gasteiger charge is -2.25. The first-order valence-electron chi connectivity index (χ1n) is 5.48. The fourth-order valence-corrected chi connectivity index (χ4v) is 3.52. The zero-order chi connectivity index (χ0) is 14.7. The van der Waals surface area contributed by atoms with E-state index in [1.165, 1.54) is 6.92 Å². The van der Waals surface area contributed by atoms with Gasteiger partial charge >= 0.3 is 0 Å². The molecule has 10 heteroatoms. The molecule has 1 atom stereocenters. The third-order valence-corrected chi connectivity index (χ3v) is 5.27. The van der Waals surface area contributed by atoms with Crippen molar-refractivity contribution in [2.24, 2.45) is 0 Å². The number of nitrogens with one attached hydrogen (secondary N) is 2. The molecule has 0 bridgehead atoms. The van der Waals surface area contributed by atoms with E-state index in [9.17, 15) is 18.3 Å². The van der Waals surface area contributed by atoms with Crippen LogP contribution in [0.25, 0.3) is 0 Å². The summed E-state index contributed by atoms with van der Waals surface area (Å²) >= 11 is 0.744. The molecule has 1 aromatic rings. The Bertz CT molecular complexity index is 550. The van der Waals surface area contributed by atoms with Crippen molar-refractivity contribution in [3.8, 4) is 0 Å². The molecule has 1 amide bonds. The summed E-state index contributed by atoms with van der Waals surface area (Å²) in [5, 5.41) is 18.7. The number of anilines is 1. The SMILES string of the molecule is CCC(C)(CO)NS(=O)(=O)c1nnc(NC(C)=O)s1. The Balaban J connectivity index is 2.95. The second-order valence-corrected chi connectivity index (χ2v) is 7.07. The van der Waals surface area contributed by atoms with E-state index >= 15 is 0 Å². The van der Waals surface area contributed by atoms with Gasteiger partial charge in [0.05, 0.1) is 12.1 Å². The van der Waals surface area contributed by atoms with Crippen LogP contribution in [0.2, 0.25) is 0 Å². The summed E-state index contributed by atoms with van der Waals surface area (Å²) in [6, 6.07) is 0. The average molecular weight is 308 g/mol. The van der Waals surface area contributed by atoms with E-state index in [-0.39, 0.29) is 22.0 Å². The highest BCUT2D eigenvalue weighted by atomic mass is 32.2. The Morgan fingerprint density at radius 2 is 2.11 bits per heavy atom. The second kappa shape index (κ2) is 5.90. The minimum absolute atomic E-state index is 0.107. The number of carbonyl (C=O) groups excluding carboxylic acids is 1. The predicted molar refractivity (Wildman–Crippen MR) is 70.3 cm³/mol. The number of hydrogen-bond acceptors (Lipinski definition) is 7. The Kier molecular flexibility index (Phi) is 4.96. The maximum atomic E-state index is 12.0. The van der Waals surface area contributed by atoms with Crippen LogP contribution >= 0.6 is 11.3 Å². The number of aliphatic hydroxyl groups is 1. The van der Waals surface area contributed by atoms with Crippen molar-refractivity contribution >= 4 is 32.4 Å². The molecule has 1 unspecified atom stereocenters. The number of aliphatic hydroxyl groups excluding tert-OH is 1. The van der Waals surface area contributed by atoms with Crippen LogP contribution in [0.1, 0.15) is 27.2 Å². The van der Waals surface area contributed by atoms with E-state index < -0.39 is 15.6 Å². The minimum Gasteiger partial charge on any atom is -0.394 e. The fraction of sp³-hybridized carbons (Fsp3) is 0.667. The molecule has 0 aliphatic rings. The van der Waals surface area contributed by atoms with Crippen molar-refractivity contribution < 1.29 is 18.3 Å². The Morgan fingerprint density at radius 3 is 2.58 bits per heavy atom. The first kappa shape index (κ1) is 16.0. The van der Waals surface area contributed by atoms with E-state index in [0.717, 1.165) is 11.3 Å². The minimum atomic E-state index is -3.87. The molecule has 8 nitrogen and oxygen atoms in total. The summed E-state index contributed by atoms with van der Waals surface area (Å²) in [4.78, 5) is 10.8. The van der Waals surface area contributed by atoms with Gasteiger partial charge in [-0.25, -0.2) is 13.1 Å². The number of carbonyl (C=O) groups is 1. The van der Waals surface area contributed by atoms with Crippen LogP contribution in [0.5, 0.6) is 0 Å². The molecule has 0 aliphatic carbocycles. The van der Waals surface area contributed by atoms with Crippen LogP contribution in [-0.2, 0) is 14.8 Å². The molecular formula is C9H16N4O4S2. The van der Waals surface area contributed by atoms with E-state index in [0.29, 0.717) is 6.42 Å². The number of nitrogens with zero attached hydrogens (tertiary/aromatic N) is 2. The molecule has 0 aliphatic heterocycles. The summed E-state index contributed by atoms with van der Waals surface area (Å²) in [6.45, 7) is 4.29. The Labute approximate surface area is 115 Å². The standard InChI is InChI=1S/C9H16N4O4S2/c1-4-9(3,5-14)13-19(16,17)8-12-11-7(18-8)10-6(2)15/h13-14H,4-5H2,1-3H3,(H,10,11,15). The van der Waals surface area contributed by atoms with Crippen molar-refractivity contribution in [3.05, 3.63) is 0 Å². The molecule has 1 heterocycles. The lowest BCUT2D eigenvalue weighted by Crippen LogP contribution is -2.48. The van der Waals surface area contributed by atoms with Crippen LogP contribution < -0.4 is 10.0 Å². The average Bonchev–Trinajstić information content (AvgIpc) is 2.76. The van der Waals surface area contributed by atoms with Crippen molar-refractivity contribution in [2.45, 2.75) is 37.1 Å².